The van der Waals surface area contributed by atoms with Crippen molar-refractivity contribution in [3.05, 3.63) is 29.8 Å². The standard InChI is InChI=1S/C13H20N2O2/c1-10(2)15(7-8-16)13(17)9-11-3-5-12(14)6-4-11/h3-6,10,16H,7-9,14H2,1-2H3. The molecule has 4 nitrogen and oxygen atoms in total. The minimum Gasteiger partial charge on any atom is -0.399 e. The van der Waals surface area contributed by atoms with Crippen molar-refractivity contribution in [3.63, 3.8) is 0 Å². The van der Waals surface area contributed by atoms with Gasteiger partial charge in [0, 0.05) is 18.3 Å². The maximum Gasteiger partial charge on any atom is 0.227 e. The van der Waals surface area contributed by atoms with Crippen LogP contribution in [0.25, 0.3) is 0 Å². The zero-order chi connectivity index (χ0) is 12.8. The van der Waals surface area contributed by atoms with Gasteiger partial charge >= 0.3 is 0 Å². The normalized spacial score (nSPS) is 10.6. The highest BCUT2D eigenvalue weighted by molar-refractivity contribution is 5.79. The predicted molar refractivity (Wildman–Crippen MR) is 68.5 cm³/mol. The number of hydrogen-bond acceptors (Lipinski definition) is 3. The number of nitrogens with zero attached hydrogens (tertiary/aromatic N) is 1. The zero-order valence-corrected chi connectivity index (χ0v) is 10.4. The number of nitrogen functional groups attached to an aromatic ring is 1. The van der Waals surface area contributed by atoms with Crippen LogP contribution in [0, 0.1) is 0 Å². The minimum absolute atomic E-state index is 0.00828. The molecule has 0 bridgehead atoms. The molecule has 0 saturated heterocycles. The van der Waals surface area contributed by atoms with Crippen molar-refractivity contribution in [1.29, 1.82) is 0 Å². The zero-order valence-electron chi connectivity index (χ0n) is 10.4. The molecule has 0 atom stereocenters. The molecule has 0 aliphatic heterocycles. The van der Waals surface area contributed by atoms with Gasteiger partial charge in [-0.3, -0.25) is 4.79 Å². The van der Waals surface area contributed by atoms with Crippen LogP contribution in [0.2, 0.25) is 0 Å². The molecule has 0 aliphatic carbocycles. The summed E-state index contributed by atoms with van der Waals surface area (Å²) in [5.41, 5.74) is 7.21. The van der Waals surface area contributed by atoms with Gasteiger partial charge in [-0.05, 0) is 31.5 Å². The largest absolute Gasteiger partial charge is 0.399 e. The average Bonchev–Trinajstić information content (AvgIpc) is 2.28. The monoisotopic (exact) mass is 236 g/mol. The third-order valence-corrected chi connectivity index (χ3v) is 2.62. The van der Waals surface area contributed by atoms with Crippen molar-refractivity contribution in [2.45, 2.75) is 26.3 Å². The average molecular weight is 236 g/mol. The van der Waals surface area contributed by atoms with Crippen LogP contribution in [0.3, 0.4) is 0 Å². The van der Waals surface area contributed by atoms with Crippen LogP contribution in [0.15, 0.2) is 24.3 Å². The van der Waals surface area contributed by atoms with E-state index in [-0.39, 0.29) is 18.6 Å². The Morgan fingerprint density at radius 3 is 2.41 bits per heavy atom. The summed E-state index contributed by atoms with van der Waals surface area (Å²) < 4.78 is 0. The number of benzene rings is 1. The topological polar surface area (TPSA) is 66.6 Å². The van der Waals surface area contributed by atoms with E-state index >= 15 is 0 Å². The van der Waals surface area contributed by atoms with Crippen LogP contribution in [0.4, 0.5) is 5.69 Å². The molecule has 0 spiro atoms. The van der Waals surface area contributed by atoms with Gasteiger partial charge in [0.2, 0.25) is 5.91 Å². The van der Waals surface area contributed by atoms with Crippen molar-refractivity contribution >= 4 is 11.6 Å². The number of aliphatic hydroxyl groups is 1. The summed E-state index contributed by atoms with van der Waals surface area (Å²) in [5.74, 6) is 0.0267. The summed E-state index contributed by atoms with van der Waals surface area (Å²) >= 11 is 0. The van der Waals surface area contributed by atoms with E-state index in [1.165, 1.54) is 0 Å². The van der Waals surface area contributed by atoms with E-state index in [1.54, 1.807) is 17.0 Å². The fourth-order valence-electron chi connectivity index (χ4n) is 1.69. The fourth-order valence-corrected chi connectivity index (χ4v) is 1.69. The van der Waals surface area contributed by atoms with Gasteiger partial charge in [0.1, 0.15) is 0 Å². The Balaban J connectivity index is 2.66. The summed E-state index contributed by atoms with van der Waals surface area (Å²) in [6.45, 7) is 4.25. The number of hydrogen-bond donors (Lipinski definition) is 2. The highest BCUT2D eigenvalue weighted by atomic mass is 16.3. The maximum absolute atomic E-state index is 12.0. The first-order valence-electron chi connectivity index (χ1n) is 5.79. The highest BCUT2D eigenvalue weighted by Gasteiger charge is 2.16. The van der Waals surface area contributed by atoms with Crippen LogP contribution in [-0.2, 0) is 11.2 Å². The van der Waals surface area contributed by atoms with Gasteiger partial charge in [-0.1, -0.05) is 12.1 Å². The number of anilines is 1. The Hall–Kier alpha value is -1.55. The van der Waals surface area contributed by atoms with Crippen LogP contribution in [0.1, 0.15) is 19.4 Å². The second kappa shape index (κ2) is 6.25. The van der Waals surface area contributed by atoms with Gasteiger partial charge in [-0.15, -0.1) is 0 Å². The molecule has 0 aliphatic rings. The molecule has 0 aromatic heterocycles. The van der Waals surface area contributed by atoms with E-state index in [4.69, 9.17) is 10.8 Å². The lowest BCUT2D eigenvalue weighted by Gasteiger charge is -2.26. The van der Waals surface area contributed by atoms with Crippen molar-refractivity contribution < 1.29 is 9.90 Å². The molecule has 94 valence electrons. The Bertz CT molecular complexity index is 360. The molecule has 1 rings (SSSR count). The molecule has 0 fully saturated rings. The molecular formula is C13H20N2O2. The van der Waals surface area contributed by atoms with E-state index in [9.17, 15) is 4.79 Å². The molecule has 1 aromatic carbocycles. The lowest BCUT2D eigenvalue weighted by Crippen LogP contribution is -2.39. The summed E-state index contributed by atoms with van der Waals surface area (Å²) in [7, 11) is 0. The Morgan fingerprint density at radius 1 is 1.35 bits per heavy atom. The lowest BCUT2D eigenvalue weighted by molar-refractivity contribution is -0.132. The fraction of sp³-hybridized carbons (Fsp3) is 0.462. The molecule has 1 amide bonds. The summed E-state index contributed by atoms with van der Waals surface area (Å²) in [6, 6.07) is 7.38. The van der Waals surface area contributed by atoms with Gasteiger partial charge in [-0.25, -0.2) is 0 Å². The third kappa shape index (κ3) is 4.07. The molecule has 0 radical (unpaired) electrons. The number of carbonyl (C=O) groups excluding carboxylic acids is 1. The molecule has 3 N–H and O–H groups in total. The van der Waals surface area contributed by atoms with Crippen molar-refractivity contribution in [1.82, 2.24) is 4.90 Å². The van der Waals surface area contributed by atoms with Crippen LogP contribution in [-0.4, -0.2) is 35.1 Å². The number of rotatable bonds is 5. The van der Waals surface area contributed by atoms with Crippen molar-refractivity contribution in [3.8, 4) is 0 Å². The smallest absolute Gasteiger partial charge is 0.227 e. The summed E-state index contributed by atoms with van der Waals surface area (Å²) in [5, 5.41) is 8.93. The number of nitrogens with two attached hydrogens (primary N) is 1. The predicted octanol–water partition coefficient (Wildman–Crippen LogP) is 1.04. The summed E-state index contributed by atoms with van der Waals surface area (Å²) in [4.78, 5) is 13.7. The number of carbonyl (C=O) groups is 1. The molecule has 0 saturated carbocycles. The molecule has 0 heterocycles. The Labute approximate surface area is 102 Å². The quantitative estimate of drug-likeness (QED) is 0.751. The summed E-state index contributed by atoms with van der Waals surface area (Å²) in [6.07, 6.45) is 0.346. The van der Waals surface area contributed by atoms with Gasteiger partial charge in [0.15, 0.2) is 0 Å². The number of aliphatic hydroxyl groups excluding tert-OH is 1. The second-order valence-corrected chi connectivity index (χ2v) is 4.32. The highest BCUT2D eigenvalue weighted by Crippen LogP contribution is 2.09. The lowest BCUT2D eigenvalue weighted by atomic mass is 10.1. The first kappa shape index (κ1) is 13.5. The van der Waals surface area contributed by atoms with Gasteiger partial charge in [0.05, 0.1) is 13.0 Å². The maximum atomic E-state index is 12.0. The first-order chi connectivity index (χ1) is 8.04. The minimum atomic E-state index is -0.00828. The first-order valence-corrected chi connectivity index (χ1v) is 5.79. The Morgan fingerprint density at radius 2 is 1.94 bits per heavy atom. The van der Waals surface area contributed by atoms with Gasteiger partial charge in [-0.2, -0.15) is 0 Å². The molecule has 4 heteroatoms. The van der Waals surface area contributed by atoms with E-state index in [1.807, 2.05) is 26.0 Å². The third-order valence-electron chi connectivity index (χ3n) is 2.62. The molecule has 17 heavy (non-hydrogen) atoms. The van der Waals surface area contributed by atoms with E-state index in [2.05, 4.69) is 0 Å². The van der Waals surface area contributed by atoms with Crippen LogP contribution in [0.5, 0.6) is 0 Å². The SMILES string of the molecule is CC(C)N(CCO)C(=O)Cc1ccc(N)cc1. The Kier molecular flexibility index (Phi) is 4.97. The number of amides is 1. The molecular weight excluding hydrogens is 216 g/mol. The molecule has 0 unspecified atom stereocenters. The van der Waals surface area contributed by atoms with Crippen LogP contribution >= 0.6 is 0 Å². The van der Waals surface area contributed by atoms with Crippen molar-refractivity contribution in [2.24, 2.45) is 0 Å². The van der Waals surface area contributed by atoms with Gasteiger partial charge < -0.3 is 15.7 Å². The van der Waals surface area contributed by atoms with E-state index in [0.717, 1.165) is 5.56 Å². The van der Waals surface area contributed by atoms with Gasteiger partial charge in [0.25, 0.3) is 0 Å². The van der Waals surface area contributed by atoms with Crippen LogP contribution < -0.4 is 5.73 Å². The van der Waals surface area contributed by atoms with Crippen molar-refractivity contribution in [2.75, 3.05) is 18.9 Å². The second-order valence-electron chi connectivity index (χ2n) is 4.32. The van der Waals surface area contributed by atoms with E-state index in [0.29, 0.717) is 18.7 Å². The van der Waals surface area contributed by atoms with E-state index < -0.39 is 0 Å². The molecule has 1 aromatic rings.